The van der Waals surface area contributed by atoms with Gasteiger partial charge in [-0.05, 0) is 43.2 Å². The Morgan fingerprint density at radius 3 is 2.50 bits per heavy atom. The Balaban J connectivity index is 2.01. The molecule has 1 saturated carbocycles. The van der Waals surface area contributed by atoms with Crippen LogP contribution in [0.1, 0.15) is 48.6 Å². The predicted octanol–water partition coefficient (Wildman–Crippen LogP) is 3.76. The molecule has 1 aromatic heterocycles. The molecule has 0 saturated heterocycles. The molecule has 1 aliphatic carbocycles. The lowest BCUT2D eigenvalue weighted by molar-refractivity contribution is 0.0689. The Morgan fingerprint density at radius 1 is 1.23 bits per heavy atom. The molecular weight excluding hydrogens is 280 g/mol. The van der Waals surface area contributed by atoms with E-state index >= 15 is 0 Å². The van der Waals surface area contributed by atoms with Gasteiger partial charge in [-0.25, -0.2) is 4.79 Å². The second kappa shape index (κ2) is 6.22. The van der Waals surface area contributed by atoms with Gasteiger partial charge < -0.3 is 9.84 Å². The van der Waals surface area contributed by atoms with Gasteiger partial charge in [0.2, 0.25) is 0 Å². The third-order valence-corrected chi connectivity index (χ3v) is 4.26. The first-order valence-corrected chi connectivity index (χ1v) is 7.66. The molecular formula is C17H20N2O3. The molecule has 1 aromatic carbocycles. The zero-order chi connectivity index (χ0) is 15.5. The molecule has 0 spiro atoms. The molecule has 0 aliphatic heterocycles. The molecule has 116 valence electrons. The van der Waals surface area contributed by atoms with E-state index in [9.17, 15) is 9.90 Å². The van der Waals surface area contributed by atoms with E-state index in [2.05, 4.69) is 5.10 Å². The summed E-state index contributed by atoms with van der Waals surface area (Å²) in [5.74, 6) is -0.199. The van der Waals surface area contributed by atoms with Gasteiger partial charge in [-0.3, -0.25) is 4.68 Å². The molecule has 1 N–H and O–H groups in total. The summed E-state index contributed by atoms with van der Waals surface area (Å²) >= 11 is 0. The molecule has 1 aliphatic rings. The van der Waals surface area contributed by atoms with Gasteiger partial charge in [0.25, 0.3) is 0 Å². The van der Waals surface area contributed by atoms with Gasteiger partial charge in [-0.2, -0.15) is 5.10 Å². The number of aromatic carboxylic acids is 1. The maximum absolute atomic E-state index is 11.3. The van der Waals surface area contributed by atoms with Crippen LogP contribution in [-0.2, 0) is 0 Å². The molecule has 3 rings (SSSR count). The number of carbonyl (C=O) groups is 1. The van der Waals surface area contributed by atoms with Crippen LogP contribution in [0.3, 0.4) is 0 Å². The molecule has 5 heteroatoms. The highest BCUT2D eigenvalue weighted by atomic mass is 16.5. The minimum Gasteiger partial charge on any atom is -0.497 e. The summed E-state index contributed by atoms with van der Waals surface area (Å²) in [6.45, 7) is 0. The largest absolute Gasteiger partial charge is 0.497 e. The van der Waals surface area contributed by atoms with Gasteiger partial charge in [0, 0.05) is 5.56 Å². The Bertz CT molecular complexity index is 655. The van der Waals surface area contributed by atoms with Crippen LogP contribution in [0, 0.1) is 0 Å². The van der Waals surface area contributed by atoms with Crippen molar-refractivity contribution in [3.8, 4) is 17.0 Å². The van der Waals surface area contributed by atoms with Crippen LogP contribution >= 0.6 is 0 Å². The van der Waals surface area contributed by atoms with Crippen molar-refractivity contribution in [1.82, 2.24) is 9.78 Å². The van der Waals surface area contributed by atoms with Crippen molar-refractivity contribution in [3.63, 3.8) is 0 Å². The van der Waals surface area contributed by atoms with E-state index in [-0.39, 0.29) is 5.69 Å². The van der Waals surface area contributed by atoms with Gasteiger partial charge in [-0.15, -0.1) is 0 Å². The van der Waals surface area contributed by atoms with Crippen LogP contribution in [0.4, 0.5) is 0 Å². The Kier molecular flexibility index (Phi) is 4.13. The first-order valence-electron chi connectivity index (χ1n) is 7.66. The molecule has 1 heterocycles. The number of carboxylic acid groups (broad SMARTS) is 1. The summed E-state index contributed by atoms with van der Waals surface area (Å²) in [6, 6.07) is 9.61. The Labute approximate surface area is 129 Å². The van der Waals surface area contributed by atoms with E-state index in [0.717, 1.165) is 29.8 Å². The van der Waals surface area contributed by atoms with E-state index in [0.29, 0.717) is 6.04 Å². The van der Waals surface area contributed by atoms with Crippen molar-refractivity contribution in [3.05, 3.63) is 36.0 Å². The number of carboxylic acids is 1. The number of ether oxygens (including phenoxy) is 1. The lowest BCUT2D eigenvalue weighted by Gasteiger charge is -2.24. The quantitative estimate of drug-likeness (QED) is 0.933. The predicted molar refractivity (Wildman–Crippen MR) is 83.3 cm³/mol. The summed E-state index contributed by atoms with van der Waals surface area (Å²) < 4.78 is 7.09. The molecule has 0 unspecified atom stereocenters. The molecule has 22 heavy (non-hydrogen) atoms. The first kappa shape index (κ1) is 14.6. The van der Waals surface area contributed by atoms with Gasteiger partial charge >= 0.3 is 5.97 Å². The zero-order valence-electron chi connectivity index (χ0n) is 12.7. The van der Waals surface area contributed by atoms with Crippen molar-refractivity contribution in [2.24, 2.45) is 0 Å². The fourth-order valence-electron chi connectivity index (χ4n) is 3.08. The van der Waals surface area contributed by atoms with E-state index in [1.165, 1.54) is 19.3 Å². The Hall–Kier alpha value is -2.30. The topological polar surface area (TPSA) is 64.3 Å². The standard InChI is InChI=1S/C17H20N2O3/c1-22-14-9-7-12(8-10-14)16-11-15(17(20)21)18-19(16)13-5-3-2-4-6-13/h7-11,13H,2-6H2,1H3,(H,20,21). The second-order valence-electron chi connectivity index (χ2n) is 5.68. The summed E-state index contributed by atoms with van der Waals surface area (Å²) in [7, 11) is 1.63. The number of benzene rings is 1. The van der Waals surface area contributed by atoms with Gasteiger partial charge in [0.05, 0.1) is 18.8 Å². The monoisotopic (exact) mass is 300 g/mol. The van der Waals surface area contributed by atoms with Crippen molar-refractivity contribution < 1.29 is 14.6 Å². The van der Waals surface area contributed by atoms with Gasteiger partial charge in [-0.1, -0.05) is 19.3 Å². The van der Waals surface area contributed by atoms with Crippen molar-refractivity contribution in [1.29, 1.82) is 0 Å². The fraction of sp³-hybridized carbons (Fsp3) is 0.412. The highest BCUT2D eigenvalue weighted by molar-refractivity contribution is 5.87. The molecule has 0 amide bonds. The number of methoxy groups -OCH3 is 1. The van der Waals surface area contributed by atoms with Crippen LogP contribution in [0.15, 0.2) is 30.3 Å². The molecule has 0 atom stereocenters. The number of hydrogen-bond donors (Lipinski definition) is 1. The summed E-state index contributed by atoms with van der Waals surface area (Å²) in [5, 5.41) is 13.6. The maximum Gasteiger partial charge on any atom is 0.356 e. The van der Waals surface area contributed by atoms with E-state index in [1.54, 1.807) is 13.2 Å². The summed E-state index contributed by atoms with van der Waals surface area (Å²) in [5.41, 5.74) is 1.94. The number of hydrogen-bond acceptors (Lipinski definition) is 3. The Morgan fingerprint density at radius 2 is 1.91 bits per heavy atom. The van der Waals surface area contributed by atoms with Crippen LogP contribution in [-0.4, -0.2) is 28.0 Å². The number of rotatable bonds is 4. The highest BCUT2D eigenvalue weighted by Crippen LogP contribution is 2.33. The van der Waals surface area contributed by atoms with Crippen LogP contribution < -0.4 is 4.74 Å². The molecule has 1 fully saturated rings. The zero-order valence-corrected chi connectivity index (χ0v) is 12.7. The highest BCUT2D eigenvalue weighted by Gasteiger charge is 2.22. The molecule has 0 radical (unpaired) electrons. The third kappa shape index (κ3) is 2.84. The number of aromatic nitrogens is 2. The lowest BCUT2D eigenvalue weighted by Crippen LogP contribution is -2.15. The average molecular weight is 300 g/mol. The average Bonchev–Trinajstić information content (AvgIpc) is 3.01. The SMILES string of the molecule is COc1ccc(-c2cc(C(=O)O)nn2C2CCCCC2)cc1. The summed E-state index contributed by atoms with van der Waals surface area (Å²) in [6.07, 6.45) is 5.72. The molecule has 5 nitrogen and oxygen atoms in total. The van der Waals surface area contributed by atoms with Crippen LogP contribution in [0.2, 0.25) is 0 Å². The van der Waals surface area contributed by atoms with Crippen LogP contribution in [0.25, 0.3) is 11.3 Å². The van der Waals surface area contributed by atoms with Gasteiger partial charge in [0.1, 0.15) is 5.75 Å². The number of nitrogens with zero attached hydrogens (tertiary/aromatic N) is 2. The maximum atomic E-state index is 11.3. The molecule has 2 aromatic rings. The lowest BCUT2D eigenvalue weighted by atomic mass is 9.95. The van der Waals surface area contributed by atoms with Crippen LogP contribution in [0.5, 0.6) is 5.75 Å². The molecule has 0 bridgehead atoms. The van der Waals surface area contributed by atoms with Crippen molar-refractivity contribution in [2.75, 3.05) is 7.11 Å². The minimum atomic E-state index is -0.982. The smallest absolute Gasteiger partial charge is 0.356 e. The third-order valence-electron chi connectivity index (χ3n) is 4.26. The minimum absolute atomic E-state index is 0.108. The van der Waals surface area contributed by atoms with E-state index < -0.39 is 5.97 Å². The van der Waals surface area contributed by atoms with Crippen molar-refractivity contribution in [2.45, 2.75) is 38.1 Å². The van der Waals surface area contributed by atoms with E-state index in [4.69, 9.17) is 4.74 Å². The first-order chi connectivity index (χ1) is 10.7. The normalized spacial score (nSPS) is 15.7. The van der Waals surface area contributed by atoms with E-state index in [1.807, 2.05) is 28.9 Å². The van der Waals surface area contributed by atoms with Gasteiger partial charge in [0.15, 0.2) is 5.69 Å². The fourth-order valence-corrected chi connectivity index (χ4v) is 3.08. The summed E-state index contributed by atoms with van der Waals surface area (Å²) in [4.78, 5) is 11.3. The van der Waals surface area contributed by atoms with Crippen molar-refractivity contribution >= 4 is 5.97 Å². The second-order valence-corrected chi connectivity index (χ2v) is 5.68.